The maximum atomic E-state index is 13.0. The van der Waals surface area contributed by atoms with E-state index in [0.717, 1.165) is 40.2 Å². The fourth-order valence-corrected chi connectivity index (χ4v) is 3.94. The summed E-state index contributed by atoms with van der Waals surface area (Å²) in [6.07, 6.45) is 0.753. The number of aromatic nitrogens is 2. The van der Waals surface area contributed by atoms with Crippen LogP contribution in [0, 0.1) is 41.5 Å². The smallest absolute Gasteiger partial charge is 0.257 e. The van der Waals surface area contributed by atoms with E-state index in [-0.39, 0.29) is 5.91 Å². The monoisotopic (exact) mass is 431 g/mol. The summed E-state index contributed by atoms with van der Waals surface area (Å²) in [5.74, 6) is 0.266. The zero-order chi connectivity index (χ0) is 23.4. The average molecular weight is 432 g/mol. The van der Waals surface area contributed by atoms with E-state index in [1.54, 1.807) is 0 Å². The molecule has 6 heteroatoms. The van der Waals surface area contributed by atoms with Crippen LogP contribution >= 0.6 is 0 Å². The SMILES string of the molecule is Cc1cc(C)cc(C(=O)NC(=NCCc2c(C)nn(C)c2C)Nc2ccc(C)cc2C)c1. The lowest BCUT2D eigenvalue weighted by atomic mass is 10.1. The Labute approximate surface area is 190 Å². The van der Waals surface area contributed by atoms with Gasteiger partial charge in [0.15, 0.2) is 0 Å². The lowest BCUT2D eigenvalue weighted by Crippen LogP contribution is -2.36. The van der Waals surface area contributed by atoms with Crippen LogP contribution in [0.25, 0.3) is 0 Å². The summed E-state index contributed by atoms with van der Waals surface area (Å²) in [5, 5.41) is 10.8. The Morgan fingerprint density at radius 2 is 1.66 bits per heavy atom. The molecule has 3 aromatic rings. The van der Waals surface area contributed by atoms with Crippen LogP contribution in [0.1, 0.15) is 49.6 Å². The second-order valence-corrected chi connectivity index (χ2v) is 8.53. The molecule has 1 amide bonds. The highest BCUT2D eigenvalue weighted by Crippen LogP contribution is 2.17. The molecule has 0 fully saturated rings. The summed E-state index contributed by atoms with van der Waals surface area (Å²) in [5.41, 5.74) is 9.29. The van der Waals surface area contributed by atoms with E-state index in [0.29, 0.717) is 18.1 Å². The number of anilines is 1. The number of hydrogen-bond acceptors (Lipinski definition) is 3. The van der Waals surface area contributed by atoms with Crippen molar-refractivity contribution in [3.05, 3.63) is 81.2 Å². The summed E-state index contributed by atoms with van der Waals surface area (Å²) in [4.78, 5) is 17.7. The lowest BCUT2D eigenvalue weighted by Gasteiger charge is -2.15. The molecular formula is C26H33N5O. The molecular weight excluding hydrogens is 398 g/mol. The third kappa shape index (κ3) is 5.63. The van der Waals surface area contributed by atoms with Crippen molar-refractivity contribution in [2.24, 2.45) is 12.0 Å². The number of carbonyl (C=O) groups is 1. The van der Waals surface area contributed by atoms with Crippen LogP contribution in [0.2, 0.25) is 0 Å². The predicted molar refractivity (Wildman–Crippen MR) is 132 cm³/mol. The minimum Gasteiger partial charge on any atom is -0.326 e. The number of guanidine groups is 1. The minimum absolute atomic E-state index is 0.179. The molecule has 6 nitrogen and oxygen atoms in total. The Hall–Kier alpha value is -3.41. The molecule has 0 atom stereocenters. The van der Waals surface area contributed by atoms with Crippen LogP contribution < -0.4 is 10.6 Å². The number of rotatable bonds is 5. The summed E-state index contributed by atoms with van der Waals surface area (Å²) in [7, 11) is 1.95. The number of amides is 1. The first kappa shape index (κ1) is 23.3. The van der Waals surface area contributed by atoms with Crippen molar-refractivity contribution in [2.75, 3.05) is 11.9 Å². The molecule has 0 spiro atoms. The van der Waals surface area contributed by atoms with Gasteiger partial charge in [0.2, 0.25) is 5.96 Å². The van der Waals surface area contributed by atoms with E-state index < -0.39 is 0 Å². The van der Waals surface area contributed by atoms with Gasteiger partial charge in [-0.3, -0.25) is 19.8 Å². The molecule has 2 aromatic carbocycles. The van der Waals surface area contributed by atoms with E-state index in [9.17, 15) is 4.79 Å². The Kier molecular flexibility index (Phi) is 7.13. The third-order valence-corrected chi connectivity index (χ3v) is 5.64. The van der Waals surface area contributed by atoms with Crippen LogP contribution in [0.15, 0.2) is 41.4 Å². The quantitative estimate of drug-likeness (QED) is 0.454. The average Bonchev–Trinajstić information content (AvgIpc) is 2.95. The van der Waals surface area contributed by atoms with E-state index in [1.807, 2.05) is 63.7 Å². The number of nitrogens with one attached hydrogen (secondary N) is 2. The molecule has 0 radical (unpaired) electrons. The van der Waals surface area contributed by atoms with Gasteiger partial charge in [0.1, 0.15) is 0 Å². The third-order valence-electron chi connectivity index (χ3n) is 5.64. The molecule has 0 aliphatic heterocycles. The molecule has 1 aromatic heterocycles. The molecule has 3 rings (SSSR count). The van der Waals surface area contributed by atoms with Crippen molar-refractivity contribution < 1.29 is 4.79 Å². The highest BCUT2D eigenvalue weighted by Gasteiger charge is 2.13. The second-order valence-electron chi connectivity index (χ2n) is 8.53. The van der Waals surface area contributed by atoms with Crippen LogP contribution in [0.5, 0.6) is 0 Å². The van der Waals surface area contributed by atoms with Gasteiger partial charge in [-0.15, -0.1) is 0 Å². The maximum absolute atomic E-state index is 13.0. The number of benzene rings is 2. The Bertz CT molecular complexity index is 1150. The number of carbonyl (C=O) groups excluding carboxylic acids is 1. The van der Waals surface area contributed by atoms with Crippen molar-refractivity contribution in [3.8, 4) is 0 Å². The molecule has 0 bridgehead atoms. The molecule has 0 saturated carbocycles. The summed E-state index contributed by atoms with van der Waals surface area (Å²) < 4.78 is 1.89. The van der Waals surface area contributed by atoms with Crippen molar-refractivity contribution in [2.45, 2.75) is 48.0 Å². The zero-order valence-corrected chi connectivity index (χ0v) is 20.1. The number of nitrogens with zero attached hydrogens (tertiary/aromatic N) is 3. The zero-order valence-electron chi connectivity index (χ0n) is 20.1. The van der Waals surface area contributed by atoms with E-state index in [4.69, 9.17) is 4.99 Å². The molecule has 2 N–H and O–H groups in total. The van der Waals surface area contributed by atoms with Gasteiger partial charge in [-0.2, -0.15) is 5.10 Å². The number of hydrogen-bond donors (Lipinski definition) is 2. The van der Waals surface area contributed by atoms with Gasteiger partial charge in [0.05, 0.1) is 5.69 Å². The summed E-state index contributed by atoms with van der Waals surface area (Å²) in [6.45, 7) is 12.7. The van der Waals surface area contributed by atoms with Crippen LogP contribution in [0.4, 0.5) is 5.69 Å². The Balaban J connectivity index is 1.84. The van der Waals surface area contributed by atoms with Crippen LogP contribution in [0.3, 0.4) is 0 Å². The Morgan fingerprint density at radius 1 is 0.969 bits per heavy atom. The van der Waals surface area contributed by atoms with Gasteiger partial charge in [-0.1, -0.05) is 34.9 Å². The van der Waals surface area contributed by atoms with Gasteiger partial charge >= 0.3 is 0 Å². The number of aliphatic imine (C=N–C) groups is 1. The van der Waals surface area contributed by atoms with Crippen molar-refractivity contribution in [1.29, 1.82) is 0 Å². The molecule has 1 heterocycles. The van der Waals surface area contributed by atoms with Gasteiger partial charge in [-0.25, -0.2) is 0 Å². The highest BCUT2D eigenvalue weighted by molar-refractivity contribution is 6.10. The topological polar surface area (TPSA) is 71.3 Å². The van der Waals surface area contributed by atoms with Crippen molar-refractivity contribution >= 4 is 17.6 Å². The predicted octanol–water partition coefficient (Wildman–Crippen LogP) is 4.71. The standard InChI is InChI=1S/C26H33N5O/c1-16-8-9-24(19(4)13-16)28-26(27-11-10-23-20(5)30-31(7)21(23)6)29-25(32)22-14-17(2)12-18(3)15-22/h8-9,12-15H,10-11H2,1-7H3,(H2,27,28,29,32). The number of aryl methyl sites for hydroxylation is 6. The second kappa shape index (κ2) is 9.81. The molecule has 0 unspecified atom stereocenters. The highest BCUT2D eigenvalue weighted by atomic mass is 16.1. The van der Waals surface area contributed by atoms with Crippen LogP contribution in [-0.4, -0.2) is 28.2 Å². The normalized spacial score (nSPS) is 11.5. The van der Waals surface area contributed by atoms with Crippen LogP contribution in [-0.2, 0) is 13.5 Å². The van der Waals surface area contributed by atoms with Gasteiger partial charge in [-0.05, 0) is 77.3 Å². The summed E-state index contributed by atoms with van der Waals surface area (Å²) in [6, 6.07) is 12.0. The fraction of sp³-hybridized carbons (Fsp3) is 0.346. The van der Waals surface area contributed by atoms with Gasteiger partial charge in [0, 0.05) is 30.5 Å². The molecule has 0 aliphatic carbocycles. The van der Waals surface area contributed by atoms with E-state index >= 15 is 0 Å². The molecule has 0 aliphatic rings. The first-order chi connectivity index (χ1) is 15.1. The van der Waals surface area contributed by atoms with Crippen molar-refractivity contribution in [3.63, 3.8) is 0 Å². The Morgan fingerprint density at radius 3 is 2.25 bits per heavy atom. The molecule has 32 heavy (non-hydrogen) atoms. The van der Waals surface area contributed by atoms with Gasteiger partial charge in [0.25, 0.3) is 5.91 Å². The largest absolute Gasteiger partial charge is 0.326 e. The maximum Gasteiger partial charge on any atom is 0.257 e. The first-order valence-electron chi connectivity index (χ1n) is 10.9. The van der Waals surface area contributed by atoms with E-state index in [1.165, 1.54) is 11.1 Å². The fourth-order valence-electron chi connectivity index (χ4n) is 3.94. The molecule has 168 valence electrons. The minimum atomic E-state index is -0.179. The first-order valence-corrected chi connectivity index (χ1v) is 10.9. The summed E-state index contributed by atoms with van der Waals surface area (Å²) >= 11 is 0. The van der Waals surface area contributed by atoms with E-state index in [2.05, 4.69) is 41.7 Å². The van der Waals surface area contributed by atoms with Crippen molar-refractivity contribution in [1.82, 2.24) is 15.1 Å². The van der Waals surface area contributed by atoms with Gasteiger partial charge < -0.3 is 5.32 Å². The molecule has 0 saturated heterocycles. The lowest BCUT2D eigenvalue weighted by molar-refractivity contribution is 0.0976.